The molecule has 2 atom stereocenters. The van der Waals surface area contributed by atoms with Crippen LogP contribution in [0.1, 0.15) is 44.9 Å². The molecule has 0 aromatic heterocycles. The van der Waals surface area contributed by atoms with Gasteiger partial charge in [-0.1, -0.05) is 163 Å². The second-order valence-electron chi connectivity index (χ2n) is 17.6. The Labute approximate surface area is 356 Å². The smallest absolute Gasteiger partial charge is 0.182 e. The summed E-state index contributed by atoms with van der Waals surface area (Å²) in [6, 6.07) is 62.3. The third kappa shape index (κ3) is 4.04. The Morgan fingerprint density at radius 3 is 1.77 bits per heavy atom. The van der Waals surface area contributed by atoms with Gasteiger partial charge in [-0.05, 0) is 104 Å². The number of aryl methyl sites for hydroxylation is 2. The largest absolute Gasteiger partial charge is 0.483 e. The quantitative estimate of drug-likeness (QED) is 0.154. The summed E-state index contributed by atoms with van der Waals surface area (Å²) in [5.41, 5.74) is 16.5. The molecule has 6 aliphatic rings. The van der Waals surface area contributed by atoms with Crippen LogP contribution in [0.3, 0.4) is 0 Å². The minimum absolute atomic E-state index is 0.0723. The fraction of sp³-hybridized carbons (Fsp3) is 0.0877. The summed E-state index contributed by atoms with van der Waals surface area (Å²) in [5, 5.41) is 5.88. The molecule has 5 aliphatic heterocycles. The van der Waals surface area contributed by atoms with Crippen LogP contribution in [-0.4, -0.2) is 14.2 Å². The first-order valence-electron chi connectivity index (χ1n) is 21.5. The summed E-state index contributed by atoms with van der Waals surface area (Å²) in [7, 11) is -2.71. The third-order valence-electron chi connectivity index (χ3n) is 14.6. The number of allylic oxidation sites excluding steroid dienone is 2. The van der Waals surface area contributed by atoms with Gasteiger partial charge in [-0.25, -0.2) is 0 Å². The average Bonchev–Trinajstić information content (AvgIpc) is 3.93. The van der Waals surface area contributed by atoms with Crippen LogP contribution in [-0.2, 0) is 5.41 Å². The number of para-hydroxylation sites is 1. The maximum absolute atomic E-state index is 7.26. The Bertz CT molecular complexity index is 3220. The van der Waals surface area contributed by atoms with Crippen molar-refractivity contribution >= 4 is 45.9 Å². The maximum Gasteiger partial charge on any atom is 0.182 e. The van der Waals surface area contributed by atoms with Crippen molar-refractivity contribution in [2.24, 2.45) is 0 Å². The van der Waals surface area contributed by atoms with Crippen LogP contribution in [0.2, 0.25) is 0 Å². The van der Waals surface area contributed by atoms with Crippen molar-refractivity contribution in [3.63, 3.8) is 0 Å². The highest BCUT2D eigenvalue weighted by Gasteiger charge is 2.56. The molecule has 0 fully saturated rings. The fourth-order valence-electron chi connectivity index (χ4n) is 12.3. The summed E-state index contributed by atoms with van der Waals surface area (Å²) < 4.78 is 14.1. The van der Waals surface area contributed by atoms with E-state index >= 15 is 0 Å². The molecule has 0 saturated heterocycles. The molecule has 8 aromatic carbocycles. The van der Waals surface area contributed by atoms with Gasteiger partial charge in [-0.3, -0.25) is 0 Å². The predicted molar refractivity (Wildman–Crippen MR) is 250 cm³/mol. The van der Waals surface area contributed by atoms with Crippen LogP contribution in [0.4, 0.5) is 17.1 Å². The maximum atomic E-state index is 7.26. The monoisotopic (exact) mass is 797 g/mol. The average molecular weight is 798 g/mol. The van der Waals surface area contributed by atoms with Gasteiger partial charge in [0.05, 0.1) is 16.8 Å². The van der Waals surface area contributed by atoms with E-state index in [-0.39, 0.29) is 12.0 Å². The van der Waals surface area contributed by atoms with Gasteiger partial charge in [0.2, 0.25) is 0 Å². The second-order valence-corrected chi connectivity index (χ2v) is 21.2. The molecule has 4 heteroatoms. The van der Waals surface area contributed by atoms with E-state index in [0.29, 0.717) is 0 Å². The van der Waals surface area contributed by atoms with Crippen LogP contribution < -0.4 is 35.1 Å². The number of rotatable bonds is 1. The second kappa shape index (κ2) is 11.8. The van der Waals surface area contributed by atoms with E-state index in [2.05, 4.69) is 207 Å². The van der Waals surface area contributed by atoms with E-state index in [0.717, 1.165) is 45.4 Å². The highest BCUT2D eigenvalue weighted by molar-refractivity contribution is 7.24. The molecule has 8 aromatic rings. The van der Waals surface area contributed by atoms with Crippen molar-refractivity contribution in [1.29, 1.82) is 0 Å². The number of ether oxygens (including phenoxy) is 2. The van der Waals surface area contributed by atoms with Gasteiger partial charge in [0.25, 0.3) is 0 Å². The topological polar surface area (TPSA) is 21.7 Å². The SMILES string of the molecule is Cc1ccc2c(c1)C1(c3cc(C)ccc3O2)c2ccccc2N(c2ccc3c(c2)[Si]2(c4ccccc4-c4ccccc42)c2ccccc2-3)c2c1ccc1c2OC2C=CC=CC12. The van der Waals surface area contributed by atoms with Crippen molar-refractivity contribution in [1.82, 2.24) is 0 Å². The first kappa shape index (κ1) is 33.7. The minimum atomic E-state index is -2.71. The molecule has 2 spiro atoms. The molecule has 0 N–H and O–H groups in total. The van der Waals surface area contributed by atoms with Crippen molar-refractivity contribution in [3.05, 3.63) is 227 Å². The van der Waals surface area contributed by atoms with Crippen molar-refractivity contribution in [2.75, 3.05) is 4.90 Å². The Balaban J connectivity index is 1.11. The summed E-state index contributed by atoms with van der Waals surface area (Å²) in [6.07, 6.45) is 8.75. The minimum Gasteiger partial charge on any atom is -0.483 e. The van der Waals surface area contributed by atoms with Crippen molar-refractivity contribution < 1.29 is 9.47 Å². The van der Waals surface area contributed by atoms with E-state index in [9.17, 15) is 0 Å². The Morgan fingerprint density at radius 1 is 0.508 bits per heavy atom. The van der Waals surface area contributed by atoms with E-state index < -0.39 is 13.5 Å². The van der Waals surface area contributed by atoms with E-state index in [1.54, 1.807) is 0 Å². The zero-order chi connectivity index (χ0) is 40.2. The molecule has 14 rings (SSSR count). The van der Waals surface area contributed by atoms with Crippen LogP contribution >= 0.6 is 0 Å². The summed E-state index contributed by atoms with van der Waals surface area (Å²) in [6.45, 7) is 4.39. The lowest BCUT2D eigenvalue weighted by Crippen LogP contribution is -2.70. The van der Waals surface area contributed by atoms with E-state index in [1.807, 2.05) is 0 Å². The molecule has 0 saturated carbocycles. The number of hydrogen-bond acceptors (Lipinski definition) is 3. The molecule has 2 unspecified atom stereocenters. The lowest BCUT2D eigenvalue weighted by atomic mass is 9.60. The van der Waals surface area contributed by atoms with E-state index in [4.69, 9.17) is 9.47 Å². The molecular formula is C57H39NO2Si. The van der Waals surface area contributed by atoms with Crippen LogP contribution in [0.15, 0.2) is 188 Å². The molecular weight excluding hydrogens is 759 g/mol. The number of anilines is 3. The molecule has 0 bridgehead atoms. The Hall–Kier alpha value is -7.14. The summed E-state index contributed by atoms with van der Waals surface area (Å²) in [5.74, 6) is 2.87. The van der Waals surface area contributed by atoms with E-state index in [1.165, 1.54) is 70.8 Å². The predicted octanol–water partition coefficient (Wildman–Crippen LogP) is 10.9. The lowest BCUT2D eigenvalue weighted by Gasteiger charge is -2.49. The molecule has 0 radical (unpaired) electrons. The summed E-state index contributed by atoms with van der Waals surface area (Å²) >= 11 is 0. The van der Waals surface area contributed by atoms with Crippen LogP contribution in [0.5, 0.6) is 17.2 Å². The number of nitrogens with zero attached hydrogens (tertiary/aromatic N) is 1. The molecule has 5 heterocycles. The third-order valence-corrected chi connectivity index (χ3v) is 19.5. The van der Waals surface area contributed by atoms with Gasteiger partial charge in [0.15, 0.2) is 8.07 Å². The lowest BCUT2D eigenvalue weighted by molar-refractivity contribution is 0.269. The zero-order valence-electron chi connectivity index (χ0n) is 33.8. The zero-order valence-corrected chi connectivity index (χ0v) is 34.8. The van der Waals surface area contributed by atoms with Gasteiger partial charge >= 0.3 is 0 Å². The highest BCUT2D eigenvalue weighted by Crippen LogP contribution is 2.66. The van der Waals surface area contributed by atoms with Gasteiger partial charge in [-0.2, -0.15) is 0 Å². The summed E-state index contributed by atoms with van der Waals surface area (Å²) in [4.78, 5) is 2.55. The van der Waals surface area contributed by atoms with Crippen molar-refractivity contribution in [2.45, 2.75) is 31.3 Å². The van der Waals surface area contributed by atoms with Gasteiger partial charge in [0.1, 0.15) is 23.4 Å². The first-order chi connectivity index (χ1) is 30.1. The molecule has 61 heavy (non-hydrogen) atoms. The number of benzene rings is 8. The van der Waals surface area contributed by atoms with Gasteiger partial charge in [-0.15, -0.1) is 0 Å². The van der Waals surface area contributed by atoms with Crippen molar-refractivity contribution in [3.8, 4) is 39.5 Å². The fourth-order valence-corrected chi connectivity index (χ4v) is 17.9. The Morgan fingerprint density at radius 2 is 1.10 bits per heavy atom. The normalized spacial score (nSPS) is 18.7. The standard InChI is InChI=1S/C57H39NO2Si/c1-34-23-29-49-45(31-34)57(46-32-35(2)24-30-50(46)59-49)43-17-7-8-18-47(43)58(55-44(57)28-27-42-37-13-3-9-19-48(37)60-56(42)55)36-25-26-41-40-16-6-12-22-53(40)61(54(41)33-36)51-20-10-4-14-38(51)39-15-5-11-21-52(39)61/h3-33,37,48H,1-2H3. The molecule has 0 amide bonds. The van der Waals surface area contributed by atoms with Crippen LogP contribution in [0.25, 0.3) is 22.3 Å². The van der Waals surface area contributed by atoms with Crippen LogP contribution in [0, 0.1) is 13.8 Å². The molecule has 1 aliphatic carbocycles. The van der Waals surface area contributed by atoms with Gasteiger partial charge < -0.3 is 14.4 Å². The first-order valence-corrected chi connectivity index (χ1v) is 23.5. The van der Waals surface area contributed by atoms with Gasteiger partial charge in [0, 0.05) is 28.3 Å². The Kier molecular flexibility index (Phi) is 6.50. The number of fused-ring (bicyclic) bond motifs is 22. The molecule has 3 nitrogen and oxygen atoms in total. The molecule has 288 valence electrons. The highest BCUT2D eigenvalue weighted by atomic mass is 28.3. The number of hydrogen-bond donors (Lipinski definition) is 0.